The summed E-state index contributed by atoms with van der Waals surface area (Å²) in [4.78, 5) is 13.5. The van der Waals surface area contributed by atoms with E-state index in [1.165, 1.54) is 12.1 Å². The molecule has 28 heavy (non-hydrogen) atoms. The molecule has 2 aromatic carbocycles. The molecule has 2 aliphatic heterocycles. The number of alkyl halides is 3. The summed E-state index contributed by atoms with van der Waals surface area (Å²) in [5, 5.41) is 9.60. The van der Waals surface area contributed by atoms with E-state index in [0.29, 0.717) is 36.4 Å². The topological polar surface area (TPSA) is 59.0 Å². The smallest absolute Gasteiger partial charge is 0.416 e. The second kappa shape index (κ2) is 7.01. The van der Waals surface area contributed by atoms with Crippen molar-refractivity contribution >= 4 is 5.97 Å². The Morgan fingerprint density at radius 2 is 1.75 bits per heavy atom. The van der Waals surface area contributed by atoms with Gasteiger partial charge >= 0.3 is 12.1 Å². The van der Waals surface area contributed by atoms with Gasteiger partial charge in [-0.3, -0.25) is 9.69 Å². The van der Waals surface area contributed by atoms with Crippen LogP contribution in [-0.2, 0) is 11.0 Å². The van der Waals surface area contributed by atoms with Crippen LogP contribution < -0.4 is 9.47 Å². The summed E-state index contributed by atoms with van der Waals surface area (Å²) in [7, 11) is 0. The Morgan fingerprint density at radius 3 is 2.43 bits per heavy atom. The van der Waals surface area contributed by atoms with Crippen molar-refractivity contribution in [3.05, 3.63) is 59.2 Å². The quantitative estimate of drug-likeness (QED) is 0.849. The van der Waals surface area contributed by atoms with Gasteiger partial charge in [0.2, 0.25) is 6.79 Å². The van der Waals surface area contributed by atoms with Gasteiger partial charge < -0.3 is 14.6 Å². The molecule has 0 spiro atoms. The van der Waals surface area contributed by atoms with Crippen molar-refractivity contribution in [2.75, 3.05) is 13.3 Å². The maximum Gasteiger partial charge on any atom is 0.416 e. The van der Waals surface area contributed by atoms with Gasteiger partial charge in [-0.25, -0.2) is 0 Å². The zero-order chi connectivity index (χ0) is 19.9. The van der Waals surface area contributed by atoms with Crippen molar-refractivity contribution in [2.24, 2.45) is 0 Å². The van der Waals surface area contributed by atoms with Crippen LogP contribution in [0.5, 0.6) is 11.5 Å². The summed E-state index contributed by atoms with van der Waals surface area (Å²) in [6.07, 6.45) is -3.22. The highest BCUT2D eigenvalue weighted by molar-refractivity contribution is 5.74. The average Bonchev–Trinajstić information content (AvgIpc) is 3.30. The number of carbonyl (C=O) groups is 1. The normalized spacial score (nSPS) is 20.3. The Hall–Kier alpha value is -2.74. The molecule has 0 radical (unpaired) electrons. The van der Waals surface area contributed by atoms with Crippen molar-refractivity contribution in [3.8, 4) is 11.5 Å². The van der Waals surface area contributed by atoms with Crippen LogP contribution in [0.4, 0.5) is 13.2 Å². The van der Waals surface area contributed by atoms with E-state index >= 15 is 0 Å². The maximum absolute atomic E-state index is 12.9. The van der Waals surface area contributed by atoms with Gasteiger partial charge in [0.1, 0.15) is 6.04 Å². The minimum absolute atomic E-state index is 0.102. The first-order valence-corrected chi connectivity index (χ1v) is 8.90. The molecule has 2 unspecified atom stereocenters. The molecule has 2 atom stereocenters. The number of nitrogens with zero attached hydrogens (tertiary/aromatic N) is 1. The van der Waals surface area contributed by atoms with Gasteiger partial charge in [0, 0.05) is 6.54 Å². The van der Waals surface area contributed by atoms with Crippen LogP contribution in [-0.4, -0.2) is 35.4 Å². The van der Waals surface area contributed by atoms with E-state index in [2.05, 4.69) is 0 Å². The number of carboxylic acids is 1. The first kappa shape index (κ1) is 18.6. The number of benzene rings is 2. The van der Waals surface area contributed by atoms with Gasteiger partial charge in [-0.15, -0.1) is 0 Å². The van der Waals surface area contributed by atoms with Gasteiger partial charge in [0.25, 0.3) is 0 Å². The Bertz CT molecular complexity index is 882. The van der Waals surface area contributed by atoms with Crippen LogP contribution in [0.2, 0.25) is 0 Å². The third kappa shape index (κ3) is 3.40. The molecule has 0 bridgehead atoms. The van der Waals surface area contributed by atoms with Crippen LogP contribution in [0.1, 0.15) is 35.6 Å². The molecule has 4 rings (SSSR count). The van der Waals surface area contributed by atoms with Crippen LogP contribution >= 0.6 is 0 Å². The fourth-order valence-electron chi connectivity index (χ4n) is 3.88. The lowest BCUT2D eigenvalue weighted by Crippen LogP contribution is -2.39. The number of halogens is 3. The molecule has 148 valence electrons. The first-order valence-electron chi connectivity index (χ1n) is 8.90. The van der Waals surface area contributed by atoms with E-state index in [0.717, 1.165) is 17.7 Å². The molecule has 0 aromatic heterocycles. The third-order valence-electron chi connectivity index (χ3n) is 5.18. The van der Waals surface area contributed by atoms with Crippen LogP contribution in [0, 0.1) is 0 Å². The number of hydrogen-bond acceptors (Lipinski definition) is 4. The lowest BCUT2D eigenvalue weighted by atomic mass is 9.95. The molecule has 2 aliphatic rings. The van der Waals surface area contributed by atoms with Gasteiger partial charge in [-0.05, 0) is 48.2 Å². The Labute approximate surface area is 159 Å². The summed E-state index contributed by atoms with van der Waals surface area (Å²) in [6.45, 7) is 0.641. The van der Waals surface area contributed by atoms with E-state index in [1.54, 1.807) is 18.2 Å². The highest BCUT2D eigenvalue weighted by atomic mass is 19.4. The van der Waals surface area contributed by atoms with Gasteiger partial charge in [-0.2, -0.15) is 13.2 Å². The van der Waals surface area contributed by atoms with Gasteiger partial charge in [0.15, 0.2) is 11.5 Å². The van der Waals surface area contributed by atoms with Crippen LogP contribution in [0.25, 0.3) is 0 Å². The summed E-state index contributed by atoms with van der Waals surface area (Å²) in [5.41, 5.74) is 0.606. The van der Waals surface area contributed by atoms with Crippen molar-refractivity contribution in [3.63, 3.8) is 0 Å². The number of likely N-dealkylation sites (tertiary alicyclic amines) is 1. The minimum Gasteiger partial charge on any atom is -0.480 e. The minimum atomic E-state index is -4.43. The Morgan fingerprint density at radius 1 is 1.07 bits per heavy atom. The molecule has 0 saturated carbocycles. The number of carboxylic acid groups (broad SMARTS) is 1. The average molecular weight is 393 g/mol. The summed E-state index contributed by atoms with van der Waals surface area (Å²) >= 11 is 0. The fraction of sp³-hybridized carbons (Fsp3) is 0.350. The zero-order valence-electron chi connectivity index (χ0n) is 14.8. The Balaban J connectivity index is 1.76. The van der Waals surface area contributed by atoms with E-state index in [9.17, 15) is 23.1 Å². The predicted octanol–water partition coefficient (Wildman–Crippen LogP) is 4.07. The molecular weight excluding hydrogens is 375 g/mol. The summed E-state index contributed by atoms with van der Waals surface area (Å²) in [6, 6.07) is 8.99. The number of hydrogen-bond donors (Lipinski definition) is 1. The maximum atomic E-state index is 12.9. The van der Waals surface area contributed by atoms with Gasteiger partial charge in [0.05, 0.1) is 11.6 Å². The summed E-state index contributed by atoms with van der Waals surface area (Å²) in [5.74, 6) is 0.196. The van der Waals surface area contributed by atoms with Crippen molar-refractivity contribution < 1.29 is 32.5 Å². The van der Waals surface area contributed by atoms with E-state index in [1.807, 2.05) is 4.90 Å². The van der Waals surface area contributed by atoms with Crippen LogP contribution in [0.15, 0.2) is 42.5 Å². The van der Waals surface area contributed by atoms with Crippen molar-refractivity contribution in [2.45, 2.75) is 31.1 Å². The molecule has 1 N–H and O–H groups in total. The predicted molar refractivity (Wildman–Crippen MR) is 93.2 cm³/mol. The van der Waals surface area contributed by atoms with Crippen molar-refractivity contribution in [1.82, 2.24) is 4.90 Å². The highest BCUT2D eigenvalue weighted by Crippen LogP contribution is 2.41. The molecule has 1 fully saturated rings. The molecule has 0 aliphatic carbocycles. The molecule has 5 nitrogen and oxygen atoms in total. The molecule has 8 heteroatoms. The lowest BCUT2D eigenvalue weighted by molar-refractivity contribution is -0.142. The van der Waals surface area contributed by atoms with E-state index in [-0.39, 0.29) is 6.79 Å². The third-order valence-corrected chi connectivity index (χ3v) is 5.18. The number of fused-ring (bicyclic) bond motifs is 1. The second-order valence-corrected chi connectivity index (χ2v) is 6.87. The monoisotopic (exact) mass is 393 g/mol. The molecular formula is C20H18F3NO4. The number of ether oxygens (including phenoxy) is 2. The van der Waals surface area contributed by atoms with E-state index in [4.69, 9.17) is 9.47 Å². The van der Waals surface area contributed by atoms with Crippen molar-refractivity contribution in [1.29, 1.82) is 0 Å². The highest BCUT2D eigenvalue weighted by Gasteiger charge is 2.38. The molecule has 2 aromatic rings. The standard InChI is InChI=1S/C20H18F3NO4/c21-20(22,23)14-6-3-12(4-7-14)18(24-9-1-2-15(24)19(25)26)13-5-8-16-17(10-13)28-11-27-16/h3-8,10,15,18H,1-2,9,11H2,(H,25,26). The fourth-order valence-corrected chi connectivity index (χ4v) is 3.88. The van der Waals surface area contributed by atoms with Gasteiger partial charge in [-0.1, -0.05) is 18.2 Å². The second-order valence-electron chi connectivity index (χ2n) is 6.87. The van der Waals surface area contributed by atoms with E-state index < -0.39 is 29.8 Å². The Kier molecular flexibility index (Phi) is 4.66. The summed E-state index contributed by atoms with van der Waals surface area (Å²) < 4.78 is 49.6. The number of rotatable bonds is 4. The molecule has 2 heterocycles. The number of aliphatic carboxylic acids is 1. The van der Waals surface area contributed by atoms with Crippen LogP contribution in [0.3, 0.4) is 0 Å². The lowest BCUT2D eigenvalue weighted by Gasteiger charge is -2.32. The largest absolute Gasteiger partial charge is 0.480 e. The molecule has 1 saturated heterocycles. The first-order chi connectivity index (χ1) is 13.3. The SMILES string of the molecule is O=C(O)C1CCCN1C(c1ccc(C(F)(F)F)cc1)c1ccc2c(c1)OCO2. The zero-order valence-corrected chi connectivity index (χ0v) is 14.8. The molecule has 0 amide bonds.